The molecule has 0 aliphatic carbocycles. The topological polar surface area (TPSA) is 56.8 Å². The predicted molar refractivity (Wildman–Crippen MR) is 103 cm³/mol. The number of halogens is 2. The van der Waals surface area contributed by atoms with Gasteiger partial charge in [0.1, 0.15) is 5.75 Å². The van der Waals surface area contributed by atoms with Crippen molar-refractivity contribution in [2.75, 3.05) is 13.7 Å². The van der Waals surface area contributed by atoms with E-state index in [1.54, 1.807) is 25.3 Å². The second-order valence-corrected chi connectivity index (χ2v) is 6.64. The monoisotopic (exact) mass is 397 g/mol. The molecule has 26 heavy (non-hydrogen) atoms. The van der Waals surface area contributed by atoms with E-state index in [4.69, 9.17) is 37.4 Å². The summed E-state index contributed by atoms with van der Waals surface area (Å²) in [6.07, 6.45) is 0.0475. The van der Waals surface area contributed by atoms with E-state index in [-0.39, 0.29) is 18.6 Å². The van der Waals surface area contributed by atoms with Crippen molar-refractivity contribution in [1.82, 2.24) is 5.32 Å². The van der Waals surface area contributed by atoms with Crippen LogP contribution in [0, 0.1) is 0 Å². The van der Waals surface area contributed by atoms with E-state index in [9.17, 15) is 4.79 Å². The van der Waals surface area contributed by atoms with Crippen LogP contribution in [0.4, 0.5) is 0 Å². The van der Waals surface area contributed by atoms with Gasteiger partial charge in [0.2, 0.25) is 0 Å². The minimum atomic E-state index is -0.266. The highest BCUT2D eigenvalue weighted by Crippen LogP contribution is 2.29. The average Bonchev–Trinajstić information content (AvgIpc) is 2.59. The number of ether oxygens (including phenoxy) is 3. The number of nitrogens with one attached hydrogen (secondary N) is 1. The van der Waals surface area contributed by atoms with Crippen LogP contribution in [-0.4, -0.2) is 25.7 Å². The molecule has 0 atom stereocenters. The first kappa shape index (κ1) is 20.2. The largest absolute Gasteiger partial charge is 0.493 e. The number of carbonyl (C=O) groups excluding carboxylic acids is 1. The van der Waals surface area contributed by atoms with Crippen LogP contribution in [0.15, 0.2) is 36.4 Å². The van der Waals surface area contributed by atoms with Crippen molar-refractivity contribution in [1.29, 1.82) is 0 Å². The zero-order chi connectivity index (χ0) is 19.1. The summed E-state index contributed by atoms with van der Waals surface area (Å²) in [5, 5.41) is 3.64. The van der Waals surface area contributed by atoms with Gasteiger partial charge in [-0.05, 0) is 49.7 Å². The van der Waals surface area contributed by atoms with Gasteiger partial charge in [-0.2, -0.15) is 0 Å². The second kappa shape index (κ2) is 9.55. The summed E-state index contributed by atoms with van der Waals surface area (Å²) in [5.41, 5.74) is 0.885. The smallest absolute Gasteiger partial charge is 0.258 e. The van der Waals surface area contributed by atoms with Gasteiger partial charge in [-0.1, -0.05) is 29.3 Å². The number of amides is 1. The van der Waals surface area contributed by atoms with Gasteiger partial charge in [0.15, 0.2) is 18.1 Å². The van der Waals surface area contributed by atoms with Crippen LogP contribution in [0.5, 0.6) is 17.2 Å². The number of hydrogen-bond donors (Lipinski definition) is 1. The minimum Gasteiger partial charge on any atom is -0.493 e. The summed E-state index contributed by atoms with van der Waals surface area (Å²) in [5.74, 6) is 1.42. The van der Waals surface area contributed by atoms with E-state index < -0.39 is 0 Å². The molecule has 2 aromatic rings. The van der Waals surface area contributed by atoms with E-state index in [1.165, 1.54) is 0 Å². The summed E-state index contributed by atoms with van der Waals surface area (Å²) in [4.78, 5) is 12.0. The van der Waals surface area contributed by atoms with Crippen LogP contribution in [0.25, 0.3) is 0 Å². The third-order valence-electron chi connectivity index (χ3n) is 3.33. The fraction of sp³-hybridized carbons (Fsp3) is 0.316. The highest BCUT2D eigenvalue weighted by atomic mass is 35.5. The van der Waals surface area contributed by atoms with Crippen molar-refractivity contribution in [3.05, 3.63) is 52.0 Å². The van der Waals surface area contributed by atoms with Gasteiger partial charge in [-0.3, -0.25) is 4.79 Å². The molecule has 0 aliphatic heterocycles. The van der Waals surface area contributed by atoms with Crippen molar-refractivity contribution in [3.63, 3.8) is 0 Å². The Balaban J connectivity index is 1.88. The molecule has 0 saturated carbocycles. The third-order valence-corrected chi connectivity index (χ3v) is 3.86. The van der Waals surface area contributed by atoms with Gasteiger partial charge in [-0.15, -0.1) is 0 Å². The lowest BCUT2D eigenvalue weighted by Gasteiger charge is -2.15. The molecule has 140 valence electrons. The van der Waals surface area contributed by atoms with Crippen molar-refractivity contribution in [3.8, 4) is 17.2 Å². The molecule has 0 heterocycles. The quantitative estimate of drug-likeness (QED) is 0.712. The Morgan fingerprint density at radius 2 is 1.81 bits per heavy atom. The highest BCUT2D eigenvalue weighted by Gasteiger charge is 2.10. The molecule has 1 amide bonds. The lowest BCUT2D eigenvalue weighted by molar-refractivity contribution is -0.123. The Kier molecular flexibility index (Phi) is 7.42. The zero-order valence-corrected chi connectivity index (χ0v) is 16.4. The zero-order valence-electron chi connectivity index (χ0n) is 14.8. The van der Waals surface area contributed by atoms with Gasteiger partial charge in [0.25, 0.3) is 5.91 Å². The van der Waals surface area contributed by atoms with Crippen molar-refractivity contribution < 1.29 is 19.0 Å². The SMILES string of the molecule is COc1cc(CNC(=O)COc2ccc(Cl)cc2Cl)ccc1OC(C)C. The van der Waals surface area contributed by atoms with Crippen molar-refractivity contribution in [2.24, 2.45) is 0 Å². The second-order valence-electron chi connectivity index (χ2n) is 5.79. The lowest BCUT2D eigenvalue weighted by atomic mass is 10.2. The van der Waals surface area contributed by atoms with E-state index in [0.29, 0.717) is 33.8 Å². The molecule has 0 bridgehead atoms. The van der Waals surface area contributed by atoms with Gasteiger partial charge >= 0.3 is 0 Å². The first-order valence-electron chi connectivity index (χ1n) is 8.07. The molecule has 2 rings (SSSR count). The molecule has 0 aliphatic rings. The molecule has 7 heteroatoms. The van der Waals surface area contributed by atoms with E-state index in [0.717, 1.165) is 5.56 Å². The number of benzene rings is 2. The molecule has 0 fully saturated rings. The van der Waals surface area contributed by atoms with Gasteiger partial charge in [0, 0.05) is 11.6 Å². The van der Waals surface area contributed by atoms with Crippen molar-refractivity contribution in [2.45, 2.75) is 26.5 Å². The average molecular weight is 398 g/mol. The molecule has 0 spiro atoms. The van der Waals surface area contributed by atoms with E-state index in [2.05, 4.69) is 5.32 Å². The highest BCUT2D eigenvalue weighted by molar-refractivity contribution is 6.35. The summed E-state index contributed by atoms with van der Waals surface area (Å²) in [6.45, 7) is 4.09. The summed E-state index contributed by atoms with van der Waals surface area (Å²) < 4.78 is 16.4. The maximum absolute atomic E-state index is 12.0. The first-order valence-corrected chi connectivity index (χ1v) is 8.82. The molecule has 5 nitrogen and oxygen atoms in total. The first-order chi connectivity index (χ1) is 12.4. The Morgan fingerprint density at radius 3 is 2.46 bits per heavy atom. The third kappa shape index (κ3) is 6.00. The summed E-state index contributed by atoms with van der Waals surface area (Å²) in [6, 6.07) is 10.4. The van der Waals surface area contributed by atoms with Crippen LogP contribution < -0.4 is 19.5 Å². The van der Waals surface area contributed by atoms with Crippen LogP contribution in [0.2, 0.25) is 10.0 Å². The molecule has 0 unspecified atom stereocenters. The molecule has 0 aromatic heterocycles. The molecule has 0 radical (unpaired) electrons. The van der Waals surface area contributed by atoms with Crippen molar-refractivity contribution >= 4 is 29.1 Å². The van der Waals surface area contributed by atoms with Crippen LogP contribution in [0.1, 0.15) is 19.4 Å². The number of hydrogen-bond acceptors (Lipinski definition) is 4. The number of rotatable bonds is 8. The standard InChI is InChI=1S/C19H21Cl2NO4/c1-12(2)26-17-6-4-13(8-18(17)24-3)10-22-19(23)11-25-16-7-5-14(20)9-15(16)21/h4-9,12H,10-11H2,1-3H3,(H,22,23). The predicted octanol–water partition coefficient (Wildman–Crippen LogP) is 4.48. The lowest BCUT2D eigenvalue weighted by Crippen LogP contribution is -2.28. The Labute approximate surface area is 163 Å². The van der Waals surface area contributed by atoms with Crippen LogP contribution in [0.3, 0.4) is 0 Å². The summed E-state index contributed by atoms with van der Waals surface area (Å²) >= 11 is 11.8. The summed E-state index contributed by atoms with van der Waals surface area (Å²) in [7, 11) is 1.58. The maximum atomic E-state index is 12.0. The van der Waals surface area contributed by atoms with E-state index in [1.807, 2.05) is 32.0 Å². The number of methoxy groups -OCH3 is 1. The fourth-order valence-electron chi connectivity index (χ4n) is 2.16. The van der Waals surface area contributed by atoms with E-state index >= 15 is 0 Å². The minimum absolute atomic E-state index is 0.0475. The maximum Gasteiger partial charge on any atom is 0.258 e. The Hall–Kier alpha value is -2.11. The Bertz CT molecular complexity index is 765. The molecular formula is C19H21Cl2NO4. The van der Waals surface area contributed by atoms with Crippen LogP contribution >= 0.6 is 23.2 Å². The van der Waals surface area contributed by atoms with Gasteiger partial charge in [-0.25, -0.2) is 0 Å². The molecular weight excluding hydrogens is 377 g/mol. The molecule has 0 saturated heterocycles. The fourth-order valence-corrected chi connectivity index (χ4v) is 2.62. The normalized spacial score (nSPS) is 10.5. The number of carbonyl (C=O) groups is 1. The molecule has 2 aromatic carbocycles. The molecule has 1 N–H and O–H groups in total. The van der Waals surface area contributed by atoms with Gasteiger partial charge in [0.05, 0.1) is 18.2 Å². The van der Waals surface area contributed by atoms with Gasteiger partial charge < -0.3 is 19.5 Å². The Morgan fingerprint density at radius 1 is 1.08 bits per heavy atom. The van der Waals surface area contributed by atoms with Crippen LogP contribution in [-0.2, 0) is 11.3 Å².